The summed E-state index contributed by atoms with van der Waals surface area (Å²) in [6.45, 7) is 7.68. The smallest absolute Gasteiger partial charge is 0.299 e. The average Bonchev–Trinajstić information content (AvgIpc) is 3.39. The number of nitrogens with zero attached hydrogens (tertiary/aromatic N) is 6. The Labute approximate surface area is 181 Å². The fourth-order valence-electron chi connectivity index (χ4n) is 3.77. The molecule has 1 N–H and O–H groups in total. The van der Waals surface area contributed by atoms with E-state index >= 15 is 0 Å². The number of imidazole rings is 1. The van der Waals surface area contributed by atoms with E-state index in [1.807, 2.05) is 51.7 Å². The Kier molecular flexibility index (Phi) is 6.06. The topological polar surface area (TPSA) is 94.3 Å². The van der Waals surface area contributed by atoms with Gasteiger partial charge in [0.05, 0.1) is 12.2 Å². The zero-order valence-electron chi connectivity index (χ0n) is 18.1. The molecule has 0 aliphatic heterocycles. The van der Waals surface area contributed by atoms with Crippen molar-refractivity contribution in [3.8, 4) is 22.6 Å². The first-order valence-corrected chi connectivity index (χ1v) is 10.6. The van der Waals surface area contributed by atoms with Crippen LogP contribution in [0.5, 0.6) is 0 Å². The lowest BCUT2D eigenvalue weighted by molar-refractivity contribution is 0.503. The fraction of sp³-hybridized carbons (Fsp3) is 0.348. The van der Waals surface area contributed by atoms with E-state index in [2.05, 4.69) is 46.4 Å². The molecule has 0 aliphatic carbocycles. The van der Waals surface area contributed by atoms with Gasteiger partial charge in [-0.2, -0.15) is 5.21 Å². The highest BCUT2D eigenvalue weighted by Gasteiger charge is 2.14. The monoisotopic (exact) mass is 417 g/mol. The number of pyridine rings is 1. The molecule has 0 spiro atoms. The first-order chi connectivity index (χ1) is 15.1. The van der Waals surface area contributed by atoms with Gasteiger partial charge in [0.15, 0.2) is 0 Å². The summed E-state index contributed by atoms with van der Waals surface area (Å²) in [4.78, 5) is 17.5. The number of hydrogen-bond acceptors (Lipinski definition) is 5. The van der Waals surface area contributed by atoms with E-state index < -0.39 is 0 Å². The summed E-state index contributed by atoms with van der Waals surface area (Å²) in [7, 11) is 0. The largest absolute Gasteiger partial charge is 0.328 e. The van der Waals surface area contributed by atoms with Crippen LogP contribution in [0.2, 0.25) is 0 Å². The minimum absolute atomic E-state index is 0.0605. The van der Waals surface area contributed by atoms with Gasteiger partial charge >= 0.3 is 5.69 Å². The second kappa shape index (κ2) is 9.07. The molecule has 0 saturated heterocycles. The molecule has 3 heterocycles. The normalized spacial score (nSPS) is 11.4. The number of aromatic nitrogens is 7. The van der Waals surface area contributed by atoms with Crippen molar-refractivity contribution in [3.05, 3.63) is 70.5 Å². The first kappa shape index (κ1) is 20.7. The molecule has 0 saturated carbocycles. The summed E-state index contributed by atoms with van der Waals surface area (Å²) < 4.78 is 3.74. The SMILES string of the molecule is CCCc1cn(CC(C)C)c(=O)n1Cc1ccc(-c2ncccc2-c2nn[nH]n2)cc1. The average molecular weight is 418 g/mol. The van der Waals surface area contributed by atoms with Gasteiger partial charge in [-0.3, -0.25) is 14.1 Å². The van der Waals surface area contributed by atoms with Gasteiger partial charge in [-0.25, -0.2) is 4.79 Å². The molecule has 0 amide bonds. The molecule has 0 bridgehead atoms. The summed E-state index contributed by atoms with van der Waals surface area (Å²) in [5.41, 5.74) is 4.79. The quantitative estimate of drug-likeness (QED) is 0.473. The Morgan fingerprint density at radius 3 is 2.61 bits per heavy atom. The van der Waals surface area contributed by atoms with Crippen molar-refractivity contribution in [3.63, 3.8) is 0 Å². The van der Waals surface area contributed by atoms with Crippen LogP contribution in [0.15, 0.2) is 53.6 Å². The van der Waals surface area contributed by atoms with Crippen LogP contribution in [-0.4, -0.2) is 34.7 Å². The van der Waals surface area contributed by atoms with Crippen molar-refractivity contribution in [2.24, 2.45) is 5.92 Å². The Morgan fingerprint density at radius 1 is 1.13 bits per heavy atom. The molecule has 0 atom stereocenters. The van der Waals surface area contributed by atoms with Crippen LogP contribution in [0.4, 0.5) is 0 Å². The summed E-state index contributed by atoms with van der Waals surface area (Å²) in [5.74, 6) is 0.934. The Balaban J connectivity index is 1.62. The lowest BCUT2D eigenvalue weighted by Gasteiger charge is -2.09. The predicted molar refractivity (Wildman–Crippen MR) is 119 cm³/mol. The molecule has 8 heteroatoms. The first-order valence-electron chi connectivity index (χ1n) is 10.6. The molecule has 0 fully saturated rings. The Hall–Kier alpha value is -3.55. The van der Waals surface area contributed by atoms with Crippen LogP contribution in [0.1, 0.15) is 38.4 Å². The summed E-state index contributed by atoms with van der Waals surface area (Å²) in [6, 6.07) is 11.9. The van der Waals surface area contributed by atoms with Crippen LogP contribution < -0.4 is 5.69 Å². The van der Waals surface area contributed by atoms with Gasteiger partial charge in [0, 0.05) is 35.8 Å². The van der Waals surface area contributed by atoms with Crippen molar-refractivity contribution in [1.82, 2.24) is 34.7 Å². The van der Waals surface area contributed by atoms with Gasteiger partial charge in [-0.15, -0.1) is 10.2 Å². The third-order valence-electron chi connectivity index (χ3n) is 5.16. The Morgan fingerprint density at radius 2 is 1.94 bits per heavy atom. The number of hydrogen-bond donors (Lipinski definition) is 1. The highest BCUT2D eigenvalue weighted by atomic mass is 16.1. The summed E-state index contributed by atoms with van der Waals surface area (Å²) in [5, 5.41) is 14.3. The maximum Gasteiger partial charge on any atom is 0.328 e. The van der Waals surface area contributed by atoms with Crippen LogP contribution in [0.3, 0.4) is 0 Å². The van der Waals surface area contributed by atoms with E-state index in [1.165, 1.54) is 0 Å². The predicted octanol–water partition coefficient (Wildman–Crippen LogP) is 3.55. The van der Waals surface area contributed by atoms with Crippen LogP contribution in [-0.2, 0) is 19.5 Å². The number of nitrogens with one attached hydrogen (secondary N) is 1. The molecular weight excluding hydrogens is 390 g/mol. The summed E-state index contributed by atoms with van der Waals surface area (Å²) >= 11 is 0. The molecule has 0 unspecified atom stereocenters. The van der Waals surface area contributed by atoms with Gasteiger partial charge in [0.2, 0.25) is 5.82 Å². The highest BCUT2D eigenvalue weighted by molar-refractivity contribution is 5.76. The number of H-pyrrole nitrogens is 1. The van der Waals surface area contributed by atoms with E-state index in [4.69, 9.17) is 0 Å². The lowest BCUT2D eigenvalue weighted by atomic mass is 10.0. The number of aryl methyl sites for hydroxylation is 1. The zero-order chi connectivity index (χ0) is 21.8. The second-order valence-electron chi connectivity index (χ2n) is 8.12. The van der Waals surface area contributed by atoms with Gasteiger partial charge in [-0.05, 0) is 35.2 Å². The molecule has 4 aromatic rings. The highest BCUT2D eigenvalue weighted by Crippen LogP contribution is 2.27. The Bertz CT molecular complexity index is 1190. The van der Waals surface area contributed by atoms with Crippen LogP contribution in [0.25, 0.3) is 22.6 Å². The van der Waals surface area contributed by atoms with Crippen molar-refractivity contribution in [1.29, 1.82) is 0 Å². The molecule has 3 aromatic heterocycles. The van der Waals surface area contributed by atoms with Crippen LogP contribution in [0, 0.1) is 5.92 Å². The molecule has 31 heavy (non-hydrogen) atoms. The van der Waals surface area contributed by atoms with Crippen LogP contribution >= 0.6 is 0 Å². The molecule has 8 nitrogen and oxygen atoms in total. The third kappa shape index (κ3) is 4.47. The van der Waals surface area contributed by atoms with E-state index in [0.717, 1.165) is 47.5 Å². The number of aromatic amines is 1. The maximum atomic E-state index is 13.0. The van der Waals surface area contributed by atoms with Gasteiger partial charge in [0.1, 0.15) is 0 Å². The van der Waals surface area contributed by atoms with Gasteiger partial charge in [-0.1, -0.05) is 51.5 Å². The van der Waals surface area contributed by atoms with Crippen molar-refractivity contribution < 1.29 is 0 Å². The van der Waals surface area contributed by atoms with Crippen molar-refractivity contribution in [2.75, 3.05) is 0 Å². The minimum atomic E-state index is 0.0605. The van der Waals surface area contributed by atoms with Gasteiger partial charge in [0.25, 0.3) is 0 Å². The van der Waals surface area contributed by atoms with Gasteiger partial charge < -0.3 is 0 Å². The van der Waals surface area contributed by atoms with E-state index in [0.29, 0.717) is 18.3 Å². The minimum Gasteiger partial charge on any atom is -0.299 e. The van der Waals surface area contributed by atoms with E-state index in [9.17, 15) is 4.79 Å². The fourth-order valence-corrected chi connectivity index (χ4v) is 3.77. The molecular formula is C23H27N7O. The molecule has 4 rings (SSSR count). The summed E-state index contributed by atoms with van der Waals surface area (Å²) in [6.07, 6.45) is 5.66. The van der Waals surface area contributed by atoms with Crippen molar-refractivity contribution in [2.45, 2.75) is 46.7 Å². The number of benzene rings is 1. The number of tetrazole rings is 1. The van der Waals surface area contributed by atoms with Crippen molar-refractivity contribution >= 4 is 0 Å². The molecule has 160 valence electrons. The maximum absolute atomic E-state index is 13.0. The third-order valence-corrected chi connectivity index (χ3v) is 5.16. The van der Waals surface area contributed by atoms with E-state index in [1.54, 1.807) is 6.20 Å². The molecule has 0 radical (unpaired) electrons. The second-order valence-corrected chi connectivity index (χ2v) is 8.12. The zero-order valence-corrected chi connectivity index (χ0v) is 18.1. The number of rotatable bonds is 8. The molecule has 0 aliphatic rings. The standard InChI is InChI=1S/C23H27N7O/c1-4-6-19-15-29(13-16(2)3)23(31)30(19)14-17-8-10-18(11-9-17)21-20(7-5-12-24-21)22-25-27-28-26-22/h5,7-12,15-16H,4,6,13-14H2,1-3H3,(H,25,26,27,28). The van der Waals surface area contributed by atoms with E-state index in [-0.39, 0.29) is 5.69 Å². The lowest BCUT2D eigenvalue weighted by Crippen LogP contribution is -2.26. The molecule has 1 aromatic carbocycles.